The van der Waals surface area contributed by atoms with E-state index < -0.39 is 0 Å². The van der Waals surface area contributed by atoms with Gasteiger partial charge >= 0.3 is 0 Å². The largest absolute Gasteiger partial charge is 0.507 e. The lowest BCUT2D eigenvalue weighted by molar-refractivity contribution is 0.474. The van der Waals surface area contributed by atoms with Crippen LogP contribution in [0.25, 0.3) is 0 Å². The molecule has 3 radical (unpaired) electrons. The summed E-state index contributed by atoms with van der Waals surface area (Å²) in [6.07, 6.45) is 2.70. The van der Waals surface area contributed by atoms with E-state index in [0.29, 0.717) is 0 Å². The smallest absolute Gasteiger partial charge is 0.125 e. The van der Waals surface area contributed by atoms with Crippen molar-refractivity contribution in [3.05, 3.63) is 28.2 Å². The monoisotopic (exact) mass is 268 g/mol. The van der Waals surface area contributed by atoms with Crippen LogP contribution in [0, 0.1) is 0 Å². The third-order valence-corrected chi connectivity index (χ3v) is 2.53. The average Bonchev–Trinajstić information content (AvgIpc) is 2.15. The van der Waals surface area contributed by atoms with Gasteiger partial charge in [0.1, 0.15) is 5.75 Å². The minimum Gasteiger partial charge on any atom is -0.507 e. The Balaban J connectivity index is 2.62. The summed E-state index contributed by atoms with van der Waals surface area (Å²) < 4.78 is 0.868. The number of benzene rings is 1. The van der Waals surface area contributed by atoms with Crippen LogP contribution in [0.15, 0.2) is 27.7 Å². The molecule has 4 heteroatoms. The number of phenols is 1. The Morgan fingerprint density at radius 2 is 2.29 bits per heavy atom. The summed E-state index contributed by atoms with van der Waals surface area (Å²) in [5.41, 5.74) is 0.752. The predicted octanol–water partition coefficient (Wildman–Crippen LogP) is 2.55. The summed E-state index contributed by atoms with van der Waals surface area (Å²) in [5, 5.41) is 9.52. The molecule has 2 nitrogen and oxygen atoms in total. The molecular formula is C10H11BrNOSi. The predicted molar refractivity (Wildman–Crippen MR) is 63.4 cm³/mol. The summed E-state index contributed by atoms with van der Waals surface area (Å²) in [7, 11) is 3.37. The van der Waals surface area contributed by atoms with E-state index in [0.717, 1.165) is 29.0 Å². The van der Waals surface area contributed by atoms with Crippen LogP contribution in [0.5, 0.6) is 5.75 Å². The van der Waals surface area contributed by atoms with Crippen molar-refractivity contribution >= 4 is 32.4 Å². The molecule has 73 valence electrons. The maximum atomic E-state index is 9.52. The number of rotatable bonds is 4. The highest BCUT2D eigenvalue weighted by Crippen LogP contribution is 2.20. The zero-order valence-corrected chi connectivity index (χ0v) is 10.3. The van der Waals surface area contributed by atoms with Crippen molar-refractivity contribution < 1.29 is 5.11 Å². The zero-order chi connectivity index (χ0) is 10.4. The van der Waals surface area contributed by atoms with Gasteiger partial charge in [0.05, 0.1) is 0 Å². The van der Waals surface area contributed by atoms with Gasteiger partial charge in [-0.1, -0.05) is 22.0 Å². The van der Waals surface area contributed by atoms with Crippen molar-refractivity contribution in [1.29, 1.82) is 0 Å². The van der Waals surface area contributed by atoms with Crippen LogP contribution < -0.4 is 0 Å². The Labute approximate surface area is 95.6 Å². The van der Waals surface area contributed by atoms with E-state index in [9.17, 15) is 5.11 Å². The second kappa shape index (κ2) is 5.98. The van der Waals surface area contributed by atoms with E-state index in [1.165, 1.54) is 0 Å². The summed E-state index contributed by atoms with van der Waals surface area (Å²) in [6.45, 7) is 0.777. The molecule has 0 saturated carbocycles. The van der Waals surface area contributed by atoms with Gasteiger partial charge in [-0.05, 0) is 24.6 Å². The second-order valence-corrected chi connectivity index (χ2v) is 4.26. The molecule has 1 rings (SSSR count). The molecule has 0 fully saturated rings. The second-order valence-electron chi connectivity index (χ2n) is 2.84. The molecule has 14 heavy (non-hydrogen) atoms. The van der Waals surface area contributed by atoms with Gasteiger partial charge in [0.15, 0.2) is 0 Å². The number of phenolic OH excluding ortho intramolecular Hbond substituents is 1. The van der Waals surface area contributed by atoms with Gasteiger partial charge in [-0.2, -0.15) is 0 Å². The third kappa shape index (κ3) is 3.63. The van der Waals surface area contributed by atoms with Gasteiger partial charge in [-0.25, -0.2) is 0 Å². The lowest BCUT2D eigenvalue weighted by atomic mass is 10.2. The maximum Gasteiger partial charge on any atom is 0.125 e. The molecule has 0 spiro atoms. The van der Waals surface area contributed by atoms with Crippen LogP contribution in [-0.2, 0) is 0 Å². The first kappa shape index (κ1) is 11.5. The molecular weight excluding hydrogens is 258 g/mol. The van der Waals surface area contributed by atoms with Gasteiger partial charge in [-0.3, -0.25) is 4.99 Å². The van der Waals surface area contributed by atoms with E-state index in [-0.39, 0.29) is 5.75 Å². The highest BCUT2D eigenvalue weighted by molar-refractivity contribution is 9.10. The molecule has 0 bridgehead atoms. The standard InChI is InChI=1S/C10H11BrNOSi/c11-9-3-2-8(10(13)6-9)7-12-4-1-5-14/h2-3,6-7,13H,1,4-5H2. The molecule has 0 aliphatic heterocycles. The summed E-state index contributed by atoms with van der Waals surface area (Å²) in [5.74, 6) is 0.251. The normalized spacial score (nSPS) is 11.0. The highest BCUT2D eigenvalue weighted by atomic mass is 79.9. The van der Waals surface area contributed by atoms with E-state index in [1.54, 1.807) is 12.3 Å². The first-order valence-corrected chi connectivity index (χ1v) is 5.87. The highest BCUT2D eigenvalue weighted by Gasteiger charge is 1.97. The lowest BCUT2D eigenvalue weighted by Crippen LogP contribution is -1.85. The van der Waals surface area contributed by atoms with Crippen molar-refractivity contribution in [3.63, 3.8) is 0 Å². The van der Waals surface area contributed by atoms with E-state index >= 15 is 0 Å². The number of aromatic hydroxyl groups is 1. The van der Waals surface area contributed by atoms with Gasteiger partial charge in [0.25, 0.3) is 0 Å². The minimum absolute atomic E-state index is 0.251. The molecule has 1 aromatic rings. The van der Waals surface area contributed by atoms with Crippen LogP contribution in [0.1, 0.15) is 12.0 Å². The van der Waals surface area contributed by atoms with Gasteiger partial charge in [-0.15, -0.1) is 0 Å². The van der Waals surface area contributed by atoms with Gasteiger partial charge in [0.2, 0.25) is 0 Å². The lowest BCUT2D eigenvalue weighted by Gasteiger charge is -1.98. The molecule has 1 N–H and O–H groups in total. The third-order valence-electron chi connectivity index (χ3n) is 1.69. The van der Waals surface area contributed by atoms with E-state index in [2.05, 4.69) is 31.2 Å². The summed E-state index contributed by atoms with van der Waals surface area (Å²) in [4.78, 5) is 4.19. The average molecular weight is 269 g/mol. The van der Waals surface area contributed by atoms with Crippen molar-refractivity contribution in [3.8, 4) is 5.75 Å². The molecule has 0 amide bonds. The minimum atomic E-state index is 0.251. The molecule has 1 aromatic carbocycles. The molecule has 0 saturated heterocycles. The summed E-state index contributed by atoms with van der Waals surface area (Å²) >= 11 is 3.28. The Kier molecular flexibility index (Phi) is 4.90. The SMILES string of the molecule is Oc1cc(Br)ccc1C=NCCC[Si]. The number of nitrogens with zero attached hydrogens (tertiary/aromatic N) is 1. The van der Waals surface area contributed by atoms with Crippen LogP contribution in [0.4, 0.5) is 0 Å². The van der Waals surface area contributed by atoms with E-state index in [1.807, 2.05) is 12.1 Å². The Morgan fingerprint density at radius 3 is 2.93 bits per heavy atom. The first-order chi connectivity index (χ1) is 6.74. The van der Waals surface area contributed by atoms with Crippen molar-refractivity contribution in [2.24, 2.45) is 4.99 Å². The Bertz CT molecular complexity index is 328. The molecule has 0 aliphatic carbocycles. The quantitative estimate of drug-likeness (QED) is 0.508. The van der Waals surface area contributed by atoms with Crippen molar-refractivity contribution in [1.82, 2.24) is 0 Å². The van der Waals surface area contributed by atoms with Crippen LogP contribution in [0.3, 0.4) is 0 Å². The Morgan fingerprint density at radius 1 is 1.50 bits per heavy atom. The fraction of sp³-hybridized carbons (Fsp3) is 0.300. The molecule has 0 aliphatic rings. The number of aliphatic imine (C=N–C) groups is 1. The molecule has 0 aromatic heterocycles. The van der Waals surface area contributed by atoms with Crippen LogP contribution >= 0.6 is 15.9 Å². The molecule has 0 heterocycles. The number of halogens is 1. The molecule has 0 atom stereocenters. The number of hydrogen-bond donors (Lipinski definition) is 1. The van der Waals surface area contributed by atoms with Gasteiger partial charge < -0.3 is 5.11 Å². The summed E-state index contributed by atoms with van der Waals surface area (Å²) in [6, 6.07) is 6.32. The zero-order valence-electron chi connectivity index (χ0n) is 7.70. The first-order valence-electron chi connectivity index (χ1n) is 4.37. The van der Waals surface area contributed by atoms with Crippen LogP contribution in [-0.4, -0.2) is 28.1 Å². The van der Waals surface area contributed by atoms with Crippen molar-refractivity contribution in [2.75, 3.05) is 6.54 Å². The topological polar surface area (TPSA) is 32.6 Å². The van der Waals surface area contributed by atoms with E-state index in [4.69, 9.17) is 0 Å². The fourth-order valence-corrected chi connectivity index (χ4v) is 1.47. The van der Waals surface area contributed by atoms with Gasteiger partial charge in [0, 0.05) is 33.0 Å². The number of hydrogen-bond acceptors (Lipinski definition) is 2. The molecule has 0 unspecified atom stereocenters. The van der Waals surface area contributed by atoms with Crippen LogP contribution in [0.2, 0.25) is 6.04 Å². The fourth-order valence-electron chi connectivity index (χ4n) is 0.959. The van der Waals surface area contributed by atoms with Crippen molar-refractivity contribution in [2.45, 2.75) is 12.5 Å². The Hall–Kier alpha value is -0.613. The maximum absolute atomic E-state index is 9.52.